The SMILES string of the molecule is O=C(c1ccc[nH]1)N1CCC[C@@H]1c1ccc2c(c1)OCCCO2. The fourth-order valence-corrected chi connectivity index (χ4v) is 3.36. The first-order valence-electron chi connectivity index (χ1n) is 8.17. The maximum atomic E-state index is 12.7. The first-order valence-corrected chi connectivity index (χ1v) is 8.17. The highest BCUT2D eigenvalue weighted by Gasteiger charge is 2.31. The largest absolute Gasteiger partial charge is 0.490 e. The van der Waals surface area contributed by atoms with E-state index in [0.29, 0.717) is 18.9 Å². The highest BCUT2D eigenvalue weighted by Crippen LogP contribution is 2.38. The number of ether oxygens (including phenoxy) is 2. The van der Waals surface area contributed by atoms with E-state index in [-0.39, 0.29) is 11.9 Å². The highest BCUT2D eigenvalue weighted by atomic mass is 16.5. The van der Waals surface area contributed by atoms with Crippen LogP contribution >= 0.6 is 0 Å². The van der Waals surface area contributed by atoms with Crippen LogP contribution in [0.5, 0.6) is 11.5 Å². The molecular weight excluding hydrogens is 292 g/mol. The van der Waals surface area contributed by atoms with Crippen molar-refractivity contribution in [1.29, 1.82) is 0 Å². The molecule has 0 bridgehead atoms. The Bertz CT molecular complexity index is 696. The molecule has 1 saturated heterocycles. The molecule has 1 N–H and O–H groups in total. The van der Waals surface area contributed by atoms with Gasteiger partial charge in [-0.1, -0.05) is 6.07 Å². The van der Waals surface area contributed by atoms with Crippen LogP contribution in [0.25, 0.3) is 0 Å². The van der Waals surface area contributed by atoms with Gasteiger partial charge in [-0.3, -0.25) is 4.79 Å². The summed E-state index contributed by atoms with van der Waals surface area (Å²) < 4.78 is 11.5. The van der Waals surface area contributed by atoms with Crippen LogP contribution in [-0.4, -0.2) is 35.5 Å². The molecule has 3 heterocycles. The lowest BCUT2D eigenvalue weighted by molar-refractivity contribution is 0.0730. The summed E-state index contributed by atoms with van der Waals surface area (Å²) in [7, 11) is 0. The van der Waals surface area contributed by atoms with Gasteiger partial charge < -0.3 is 19.4 Å². The second kappa shape index (κ2) is 5.99. The Kier molecular flexibility index (Phi) is 3.69. The standard InChI is InChI=1S/C18H20N2O3/c21-18(14-4-1-8-19-14)20-9-2-5-15(20)13-6-7-16-17(12-13)23-11-3-10-22-16/h1,4,6-8,12,15,19H,2-3,5,9-11H2/t15-/m1/s1. The van der Waals surface area contributed by atoms with Crippen molar-refractivity contribution < 1.29 is 14.3 Å². The maximum Gasteiger partial charge on any atom is 0.270 e. The van der Waals surface area contributed by atoms with Gasteiger partial charge in [-0.2, -0.15) is 0 Å². The molecule has 1 amide bonds. The Balaban J connectivity index is 1.61. The average molecular weight is 312 g/mol. The van der Waals surface area contributed by atoms with Crippen molar-refractivity contribution in [2.24, 2.45) is 0 Å². The Labute approximate surface area is 135 Å². The van der Waals surface area contributed by atoms with Gasteiger partial charge in [0.05, 0.1) is 19.3 Å². The Morgan fingerprint density at radius 3 is 2.83 bits per heavy atom. The van der Waals surface area contributed by atoms with Gasteiger partial charge in [0.2, 0.25) is 0 Å². The van der Waals surface area contributed by atoms with Gasteiger partial charge in [0.15, 0.2) is 11.5 Å². The molecule has 1 aromatic heterocycles. The molecule has 0 saturated carbocycles. The normalized spacial score (nSPS) is 20.3. The number of rotatable bonds is 2. The van der Waals surface area contributed by atoms with Crippen molar-refractivity contribution >= 4 is 5.91 Å². The van der Waals surface area contributed by atoms with E-state index in [0.717, 1.165) is 42.9 Å². The summed E-state index contributed by atoms with van der Waals surface area (Å²) in [4.78, 5) is 17.6. The molecule has 2 aliphatic heterocycles. The minimum Gasteiger partial charge on any atom is -0.490 e. The Morgan fingerprint density at radius 2 is 2.00 bits per heavy atom. The van der Waals surface area contributed by atoms with Crippen LogP contribution in [0.1, 0.15) is 41.4 Å². The minimum absolute atomic E-state index is 0.0598. The van der Waals surface area contributed by atoms with Crippen molar-refractivity contribution in [3.05, 3.63) is 47.8 Å². The first-order chi connectivity index (χ1) is 11.3. The monoisotopic (exact) mass is 312 g/mol. The van der Waals surface area contributed by atoms with Crippen molar-refractivity contribution in [3.8, 4) is 11.5 Å². The van der Waals surface area contributed by atoms with Crippen molar-refractivity contribution in [2.75, 3.05) is 19.8 Å². The first kappa shape index (κ1) is 14.2. The van der Waals surface area contributed by atoms with Crippen molar-refractivity contribution in [2.45, 2.75) is 25.3 Å². The summed E-state index contributed by atoms with van der Waals surface area (Å²) in [6, 6.07) is 9.83. The van der Waals surface area contributed by atoms with Gasteiger partial charge in [0.25, 0.3) is 5.91 Å². The molecule has 120 valence electrons. The van der Waals surface area contributed by atoms with Crippen molar-refractivity contribution in [1.82, 2.24) is 9.88 Å². The molecule has 0 aliphatic carbocycles. The summed E-state index contributed by atoms with van der Waals surface area (Å²) >= 11 is 0. The van der Waals surface area contributed by atoms with Crippen LogP contribution in [0.4, 0.5) is 0 Å². The molecule has 23 heavy (non-hydrogen) atoms. The second-order valence-corrected chi connectivity index (χ2v) is 6.00. The average Bonchev–Trinajstić information content (AvgIpc) is 3.22. The molecule has 2 aliphatic rings. The number of aromatic amines is 1. The number of hydrogen-bond acceptors (Lipinski definition) is 3. The topological polar surface area (TPSA) is 54.6 Å². The van der Waals surface area contributed by atoms with E-state index < -0.39 is 0 Å². The molecule has 5 nitrogen and oxygen atoms in total. The zero-order chi connectivity index (χ0) is 15.6. The van der Waals surface area contributed by atoms with Crippen LogP contribution in [0.2, 0.25) is 0 Å². The number of carbonyl (C=O) groups is 1. The molecule has 0 unspecified atom stereocenters. The number of amides is 1. The van der Waals surface area contributed by atoms with Crippen LogP contribution in [-0.2, 0) is 0 Å². The summed E-state index contributed by atoms with van der Waals surface area (Å²) in [6.07, 6.45) is 4.68. The molecule has 5 heteroatoms. The van der Waals surface area contributed by atoms with Gasteiger partial charge in [-0.15, -0.1) is 0 Å². The molecule has 1 atom stereocenters. The number of nitrogens with zero attached hydrogens (tertiary/aromatic N) is 1. The van der Waals surface area contributed by atoms with Gasteiger partial charge in [-0.25, -0.2) is 0 Å². The molecular formula is C18H20N2O3. The van der Waals surface area contributed by atoms with E-state index in [4.69, 9.17) is 9.47 Å². The zero-order valence-electron chi connectivity index (χ0n) is 13.0. The number of carbonyl (C=O) groups excluding carboxylic acids is 1. The van der Waals surface area contributed by atoms with Crippen LogP contribution < -0.4 is 9.47 Å². The van der Waals surface area contributed by atoms with Crippen LogP contribution in [0.15, 0.2) is 36.5 Å². The minimum atomic E-state index is 0.0598. The van der Waals surface area contributed by atoms with E-state index in [1.165, 1.54) is 0 Å². The Hall–Kier alpha value is -2.43. The van der Waals surface area contributed by atoms with E-state index >= 15 is 0 Å². The predicted molar refractivity (Wildman–Crippen MR) is 85.9 cm³/mol. The number of aromatic nitrogens is 1. The fraction of sp³-hybridized carbons (Fsp3) is 0.389. The summed E-state index contributed by atoms with van der Waals surface area (Å²) in [5.41, 5.74) is 1.76. The number of hydrogen-bond donors (Lipinski definition) is 1. The third kappa shape index (κ3) is 2.67. The Morgan fingerprint density at radius 1 is 1.13 bits per heavy atom. The predicted octanol–water partition coefficient (Wildman–Crippen LogP) is 3.15. The second-order valence-electron chi connectivity index (χ2n) is 6.00. The number of H-pyrrole nitrogens is 1. The maximum absolute atomic E-state index is 12.7. The molecule has 1 aromatic carbocycles. The number of nitrogens with one attached hydrogen (secondary N) is 1. The van der Waals surface area contributed by atoms with E-state index in [9.17, 15) is 4.79 Å². The third-order valence-electron chi connectivity index (χ3n) is 4.50. The quantitative estimate of drug-likeness (QED) is 0.927. The van der Waals surface area contributed by atoms with Crippen LogP contribution in [0, 0.1) is 0 Å². The number of fused-ring (bicyclic) bond motifs is 1. The lowest BCUT2D eigenvalue weighted by Crippen LogP contribution is -2.30. The zero-order valence-corrected chi connectivity index (χ0v) is 13.0. The van der Waals surface area contributed by atoms with Gasteiger partial charge in [0, 0.05) is 19.2 Å². The van der Waals surface area contributed by atoms with E-state index in [2.05, 4.69) is 11.1 Å². The molecule has 0 radical (unpaired) electrons. The van der Waals surface area contributed by atoms with Gasteiger partial charge in [0.1, 0.15) is 5.69 Å². The van der Waals surface area contributed by atoms with E-state index in [1.54, 1.807) is 6.20 Å². The fourth-order valence-electron chi connectivity index (χ4n) is 3.36. The third-order valence-corrected chi connectivity index (χ3v) is 4.50. The smallest absolute Gasteiger partial charge is 0.270 e. The lowest BCUT2D eigenvalue weighted by atomic mass is 10.0. The molecule has 4 rings (SSSR count). The summed E-state index contributed by atoms with van der Waals surface area (Å²) in [6.45, 7) is 2.15. The van der Waals surface area contributed by atoms with E-state index in [1.807, 2.05) is 29.2 Å². The summed E-state index contributed by atoms with van der Waals surface area (Å²) in [5, 5.41) is 0. The number of likely N-dealkylation sites (tertiary alicyclic amines) is 1. The molecule has 0 spiro atoms. The number of benzene rings is 1. The van der Waals surface area contributed by atoms with Crippen LogP contribution in [0.3, 0.4) is 0 Å². The van der Waals surface area contributed by atoms with Gasteiger partial charge >= 0.3 is 0 Å². The lowest BCUT2D eigenvalue weighted by Gasteiger charge is -2.25. The van der Waals surface area contributed by atoms with Crippen molar-refractivity contribution in [3.63, 3.8) is 0 Å². The highest BCUT2D eigenvalue weighted by molar-refractivity contribution is 5.92. The van der Waals surface area contributed by atoms with Gasteiger partial charge in [-0.05, 0) is 42.7 Å². The molecule has 2 aromatic rings. The summed E-state index contributed by atoms with van der Waals surface area (Å²) in [5.74, 6) is 1.65. The molecule has 1 fully saturated rings.